The molecule has 132 valence electrons. The van der Waals surface area contributed by atoms with E-state index in [0.29, 0.717) is 15.6 Å². The Morgan fingerprint density at radius 2 is 1.92 bits per heavy atom. The summed E-state index contributed by atoms with van der Waals surface area (Å²) in [5.41, 5.74) is 3.56. The van der Waals surface area contributed by atoms with Crippen LogP contribution in [0.1, 0.15) is 28.4 Å². The average Bonchev–Trinajstić information content (AvgIpc) is 2.65. The predicted molar refractivity (Wildman–Crippen MR) is 108 cm³/mol. The lowest BCUT2D eigenvalue weighted by Crippen LogP contribution is -2.15. The highest BCUT2D eigenvalue weighted by atomic mass is 35.5. The SMILES string of the molecule is CCc1cccc(C)c1NC(=O)c1cccnc1Sc1ccccc1Cl. The van der Waals surface area contributed by atoms with Crippen LogP contribution in [-0.4, -0.2) is 10.9 Å². The molecule has 0 atom stereocenters. The van der Waals surface area contributed by atoms with Crippen molar-refractivity contribution in [1.29, 1.82) is 0 Å². The third-order valence-corrected chi connectivity index (χ3v) is 5.57. The highest BCUT2D eigenvalue weighted by Crippen LogP contribution is 2.34. The third kappa shape index (κ3) is 4.09. The molecule has 3 nitrogen and oxygen atoms in total. The Morgan fingerprint density at radius 1 is 1.12 bits per heavy atom. The number of hydrogen-bond acceptors (Lipinski definition) is 3. The number of rotatable bonds is 5. The molecule has 1 heterocycles. The first-order valence-corrected chi connectivity index (χ1v) is 9.56. The number of carbonyl (C=O) groups excluding carboxylic acids is 1. The summed E-state index contributed by atoms with van der Waals surface area (Å²) in [5, 5.41) is 4.33. The Labute approximate surface area is 162 Å². The first-order chi connectivity index (χ1) is 12.6. The van der Waals surface area contributed by atoms with E-state index in [2.05, 4.69) is 17.2 Å². The van der Waals surface area contributed by atoms with Crippen LogP contribution in [0.3, 0.4) is 0 Å². The number of hydrogen-bond donors (Lipinski definition) is 1. The van der Waals surface area contributed by atoms with Crippen LogP contribution in [0.25, 0.3) is 0 Å². The van der Waals surface area contributed by atoms with Gasteiger partial charge >= 0.3 is 0 Å². The molecule has 0 bridgehead atoms. The van der Waals surface area contributed by atoms with Gasteiger partial charge in [0.15, 0.2) is 0 Å². The highest BCUT2D eigenvalue weighted by molar-refractivity contribution is 7.99. The minimum atomic E-state index is -0.170. The maximum Gasteiger partial charge on any atom is 0.258 e. The zero-order valence-corrected chi connectivity index (χ0v) is 16.2. The second kappa shape index (κ2) is 8.39. The molecule has 3 rings (SSSR count). The first-order valence-electron chi connectivity index (χ1n) is 8.37. The summed E-state index contributed by atoms with van der Waals surface area (Å²) >= 11 is 7.64. The van der Waals surface area contributed by atoms with E-state index in [1.165, 1.54) is 11.8 Å². The standard InChI is InChI=1S/C21H19ClN2OS/c1-3-15-9-6-8-14(2)19(15)24-20(25)16-10-7-13-23-21(16)26-18-12-5-4-11-17(18)22/h4-13H,3H2,1-2H3,(H,24,25). The van der Waals surface area contributed by atoms with Gasteiger partial charge < -0.3 is 5.32 Å². The van der Waals surface area contributed by atoms with Crippen LogP contribution in [-0.2, 0) is 6.42 Å². The molecule has 0 aliphatic carbocycles. The summed E-state index contributed by atoms with van der Waals surface area (Å²) in [6.45, 7) is 4.07. The monoisotopic (exact) mass is 382 g/mol. The summed E-state index contributed by atoms with van der Waals surface area (Å²) in [5.74, 6) is -0.170. The maximum absolute atomic E-state index is 12.9. The quantitative estimate of drug-likeness (QED) is 0.587. The van der Waals surface area contributed by atoms with Crippen LogP contribution in [0.2, 0.25) is 5.02 Å². The normalized spacial score (nSPS) is 10.6. The number of nitrogens with one attached hydrogen (secondary N) is 1. The molecule has 26 heavy (non-hydrogen) atoms. The maximum atomic E-state index is 12.9. The van der Waals surface area contributed by atoms with Gasteiger partial charge in [-0.1, -0.05) is 60.6 Å². The van der Waals surface area contributed by atoms with Gasteiger partial charge in [0, 0.05) is 16.8 Å². The molecule has 0 spiro atoms. The first kappa shape index (κ1) is 18.5. The molecule has 0 aliphatic heterocycles. The zero-order chi connectivity index (χ0) is 18.5. The number of aryl methyl sites for hydroxylation is 2. The van der Waals surface area contributed by atoms with Crippen molar-refractivity contribution < 1.29 is 4.79 Å². The fraction of sp³-hybridized carbons (Fsp3) is 0.143. The fourth-order valence-corrected chi connectivity index (χ4v) is 3.82. The summed E-state index contributed by atoms with van der Waals surface area (Å²) in [6, 6.07) is 17.1. The van der Waals surface area contributed by atoms with E-state index in [9.17, 15) is 4.79 Å². The van der Waals surface area contributed by atoms with E-state index in [0.717, 1.165) is 28.1 Å². The third-order valence-electron chi connectivity index (χ3n) is 4.04. The van der Waals surface area contributed by atoms with Crippen LogP contribution >= 0.6 is 23.4 Å². The Morgan fingerprint density at radius 3 is 2.69 bits per heavy atom. The molecule has 3 aromatic rings. The molecule has 1 N–H and O–H groups in total. The minimum Gasteiger partial charge on any atom is -0.321 e. The zero-order valence-electron chi connectivity index (χ0n) is 14.6. The molecule has 0 saturated heterocycles. The second-order valence-electron chi connectivity index (χ2n) is 5.81. The Bertz CT molecular complexity index is 943. The smallest absolute Gasteiger partial charge is 0.258 e. The molecule has 0 fully saturated rings. The molecule has 1 aromatic heterocycles. The molecule has 0 aliphatic rings. The number of anilines is 1. The molecular weight excluding hydrogens is 364 g/mol. The number of pyridine rings is 1. The van der Waals surface area contributed by atoms with Gasteiger partial charge in [-0.2, -0.15) is 0 Å². The number of aromatic nitrogens is 1. The molecule has 5 heteroatoms. The summed E-state index contributed by atoms with van der Waals surface area (Å²) in [4.78, 5) is 18.2. The summed E-state index contributed by atoms with van der Waals surface area (Å²) < 4.78 is 0. The number of benzene rings is 2. The van der Waals surface area contributed by atoms with Crippen molar-refractivity contribution >= 4 is 35.0 Å². The van der Waals surface area contributed by atoms with E-state index in [1.807, 2.05) is 49.4 Å². The van der Waals surface area contributed by atoms with Crippen LogP contribution in [0.5, 0.6) is 0 Å². The molecule has 2 aromatic carbocycles. The van der Waals surface area contributed by atoms with Gasteiger partial charge in [-0.15, -0.1) is 0 Å². The highest BCUT2D eigenvalue weighted by Gasteiger charge is 2.16. The predicted octanol–water partition coefficient (Wildman–Crippen LogP) is 6.01. The Balaban J connectivity index is 1.91. The van der Waals surface area contributed by atoms with E-state index in [-0.39, 0.29) is 5.91 Å². The van der Waals surface area contributed by atoms with E-state index < -0.39 is 0 Å². The van der Waals surface area contributed by atoms with Crippen molar-refractivity contribution in [2.75, 3.05) is 5.32 Å². The van der Waals surface area contributed by atoms with Crippen LogP contribution in [0.4, 0.5) is 5.69 Å². The van der Waals surface area contributed by atoms with Crippen LogP contribution in [0.15, 0.2) is 70.7 Å². The fourth-order valence-electron chi connectivity index (χ4n) is 2.66. The van der Waals surface area contributed by atoms with Crippen molar-refractivity contribution in [3.8, 4) is 0 Å². The summed E-state index contributed by atoms with van der Waals surface area (Å²) in [7, 11) is 0. The van der Waals surface area contributed by atoms with Gasteiger partial charge in [-0.25, -0.2) is 4.98 Å². The van der Waals surface area contributed by atoms with Gasteiger partial charge in [0.1, 0.15) is 5.03 Å². The topological polar surface area (TPSA) is 42.0 Å². The van der Waals surface area contributed by atoms with Gasteiger partial charge in [0.25, 0.3) is 5.91 Å². The number of halogens is 1. The van der Waals surface area contributed by atoms with Crippen molar-refractivity contribution in [2.45, 2.75) is 30.2 Å². The number of carbonyl (C=O) groups is 1. The molecule has 1 amide bonds. The molecule has 0 unspecified atom stereocenters. The van der Waals surface area contributed by atoms with E-state index >= 15 is 0 Å². The van der Waals surface area contributed by atoms with Gasteiger partial charge in [0.2, 0.25) is 0 Å². The van der Waals surface area contributed by atoms with Gasteiger partial charge in [-0.05, 0) is 48.7 Å². The van der Waals surface area contributed by atoms with Crippen molar-refractivity contribution in [1.82, 2.24) is 4.98 Å². The lowest BCUT2D eigenvalue weighted by Gasteiger charge is -2.14. The lowest BCUT2D eigenvalue weighted by molar-refractivity contribution is 0.102. The van der Waals surface area contributed by atoms with Crippen molar-refractivity contribution in [3.63, 3.8) is 0 Å². The van der Waals surface area contributed by atoms with Crippen LogP contribution < -0.4 is 5.32 Å². The molecule has 0 radical (unpaired) electrons. The summed E-state index contributed by atoms with van der Waals surface area (Å²) in [6.07, 6.45) is 2.53. The van der Waals surface area contributed by atoms with E-state index in [4.69, 9.17) is 11.6 Å². The number of amides is 1. The Hall–Kier alpha value is -2.30. The van der Waals surface area contributed by atoms with Gasteiger partial charge in [0.05, 0.1) is 10.6 Å². The Kier molecular flexibility index (Phi) is 5.96. The van der Waals surface area contributed by atoms with Crippen molar-refractivity contribution in [3.05, 3.63) is 82.5 Å². The van der Waals surface area contributed by atoms with Gasteiger partial charge in [-0.3, -0.25) is 4.79 Å². The minimum absolute atomic E-state index is 0.170. The average molecular weight is 383 g/mol. The van der Waals surface area contributed by atoms with Crippen molar-refractivity contribution in [2.24, 2.45) is 0 Å². The van der Waals surface area contributed by atoms with E-state index in [1.54, 1.807) is 18.3 Å². The second-order valence-corrected chi connectivity index (χ2v) is 7.24. The molecular formula is C21H19ClN2OS. The van der Waals surface area contributed by atoms with Crippen LogP contribution in [0, 0.1) is 6.92 Å². The number of nitrogens with zero attached hydrogens (tertiary/aromatic N) is 1. The molecule has 0 saturated carbocycles. The largest absolute Gasteiger partial charge is 0.321 e. The number of para-hydroxylation sites is 1. The lowest BCUT2D eigenvalue weighted by atomic mass is 10.1.